The van der Waals surface area contributed by atoms with Crippen LogP contribution in [0.4, 0.5) is 5.82 Å². The zero-order valence-corrected chi connectivity index (χ0v) is 20.9. The van der Waals surface area contributed by atoms with Crippen molar-refractivity contribution in [1.82, 2.24) is 24.3 Å². The third kappa shape index (κ3) is 6.89. The van der Waals surface area contributed by atoms with E-state index in [0.717, 1.165) is 44.3 Å². The van der Waals surface area contributed by atoms with Crippen molar-refractivity contribution in [2.45, 2.75) is 70.2 Å². The Kier molecular flexibility index (Phi) is 9.03. The summed E-state index contributed by atoms with van der Waals surface area (Å²) in [6, 6.07) is 2.00. The lowest BCUT2D eigenvalue weighted by Gasteiger charge is -2.45. The van der Waals surface area contributed by atoms with Gasteiger partial charge in [0, 0.05) is 32.1 Å². The molecule has 0 aliphatic carbocycles. The Hall–Kier alpha value is -2.76. The van der Waals surface area contributed by atoms with E-state index in [1.807, 2.05) is 12.3 Å². The van der Waals surface area contributed by atoms with Crippen molar-refractivity contribution in [3.63, 3.8) is 0 Å². The number of nitrogens with zero attached hydrogens (tertiary/aromatic N) is 5. The van der Waals surface area contributed by atoms with Crippen molar-refractivity contribution in [2.75, 3.05) is 39.0 Å². The van der Waals surface area contributed by atoms with Crippen LogP contribution < -0.4 is 5.73 Å². The van der Waals surface area contributed by atoms with Gasteiger partial charge in [0.25, 0.3) is 11.9 Å². The highest BCUT2D eigenvalue weighted by molar-refractivity contribution is 5.86. The van der Waals surface area contributed by atoms with E-state index in [1.54, 1.807) is 0 Å². The summed E-state index contributed by atoms with van der Waals surface area (Å²) >= 11 is 0. The molecule has 11 heteroatoms. The predicted octanol–water partition coefficient (Wildman–Crippen LogP) is 2.43. The molecule has 2 aromatic rings. The molecule has 0 saturated carbocycles. The van der Waals surface area contributed by atoms with E-state index in [0.29, 0.717) is 17.5 Å². The molecule has 0 radical (unpaired) electrons. The molecule has 5 rings (SSSR count). The summed E-state index contributed by atoms with van der Waals surface area (Å²) < 4.78 is 8.61. The fourth-order valence-corrected chi connectivity index (χ4v) is 5.37. The topological polar surface area (TPSA) is 147 Å². The molecule has 194 valence electrons. The van der Waals surface area contributed by atoms with Crippen LogP contribution in [0.1, 0.15) is 58.6 Å². The molecule has 1 spiro atoms. The van der Waals surface area contributed by atoms with Crippen molar-refractivity contribution in [2.24, 2.45) is 0 Å². The molecular formula is C24H38N6O5. The highest BCUT2D eigenvalue weighted by Gasteiger charge is 2.44. The van der Waals surface area contributed by atoms with Crippen LogP contribution >= 0.6 is 0 Å². The summed E-state index contributed by atoms with van der Waals surface area (Å²) in [5.41, 5.74) is 7.28. The Bertz CT molecular complexity index is 983. The van der Waals surface area contributed by atoms with Crippen LogP contribution in [0.3, 0.4) is 0 Å². The number of anilines is 1. The molecule has 35 heavy (non-hydrogen) atoms. The number of likely N-dealkylation sites (tertiary alicyclic amines) is 2. The first-order valence-corrected chi connectivity index (χ1v) is 12.2. The molecule has 5 heterocycles. The van der Waals surface area contributed by atoms with E-state index in [4.69, 9.17) is 30.3 Å². The fraction of sp³-hybridized carbons (Fsp3) is 0.667. The number of carboxylic acids is 2. The van der Waals surface area contributed by atoms with Crippen molar-refractivity contribution in [3.8, 4) is 0 Å². The van der Waals surface area contributed by atoms with Gasteiger partial charge >= 0.3 is 0 Å². The first kappa shape index (κ1) is 26.8. The summed E-state index contributed by atoms with van der Waals surface area (Å²) in [6.45, 7) is 6.91. The number of rotatable bonds is 3. The van der Waals surface area contributed by atoms with Crippen LogP contribution in [-0.4, -0.2) is 91.4 Å². The van der Waals surface area contributed by atoms with Gasteiger partial charge in [0.1, 0.15) is 24.0 Å². The van der Waals surface area contributed by atoms with E-state index in [2.05, 4.69) is 31.4 Å². The van der Waals surface area contributed by atoms with Crippen LogP contribution in [0.25, 0.3) is 11.0 Å². The first-order chi connectivity index (χ1) is 16.6. The number of nitrogen functional groups attached to an aromatic ring is 1. The van der Waals surface area contributed by atoms with Gasteiger partial charge in [-0.3, -0.25) is 14.5 Å². The number of carbonyl (C=O) groups is 2. The molecule has 11 nitrogen and oxygen atoms in total. The molecule has 0 bridgehead atoms. The van der Waals surface area contributed by atoms with Crippen LogP contribution in [-0.2, 0) is 14.3 Å². The number of piperidine rings is 1. The average Bonchev–Trinajstić information content (AvgIpc) is 3.50. The van der Waals surface area contributed by atoms with Crippen molar-refractivity contribution >= 4 is 28.8 Å². The van der Waals surface area contributed by atoms with E-state index >= 15 is 0 Å². The number of carboxylic acid groups (broad SMARTS) is 2. The predicted molar refractivity (Wildman–Crippen MR) is 132 cm³/mol. The summed E-state index contributed by atoms with van der Waals surface area (Å²) in [5.74, 6) is -1.13. The molecule has 2 unspecified atom stereocenters. The van der Waals surface area contributed by atoms with Crippen molar-refractivity contribution in [1.29, 1.82) is 0 Å². The second-order valence-electron chi connectivity index (χ2n) is 9.62. The Morgan fingerprint density at radius 3 is 2.43 bits per heavy atom. The number of nitrogens with two attached hydrogens (primary N) is 1. The highest BCUT2D eigenvalue weighted by Crippen LogP contribution is 2.40. The van der Waals surface area contributed by atoms with Crippen molar-refractivity contribution in [3.05, 3.63) is 18.6 Å². The quantitative estimate of drug-likeness (QED) is 0.586. The van der Waals surface area contributed by atoms with Gasteiger partial charge in [-0.2, -0.15) is 0 Å². The van der Waals surface area contributed by atoms with Crippen LogP contribution in [0.15, 0.2) is 18.6 Å². The number of aromatic nitrogens is 3. The van der Waals surface area contributed by atoms with Crippen LogP contribution in [0, 0.1) is 0 Å². The van der Waals surface area contributed by atoms with E-state index in [-0.39, 0.29) is 6.23 Å². The zero-order valence-electron chi connectivity index (χ0n) is 20.9. The lowest BCUT2D eigenvalue weighted by Crippen LogP contribution is -2.53. The lowest BCUT2D eigenvalue weighted by atomic mass is 9.85. The molecule has 3 fully saturated rings. The normalized spacial score (nSPS) is 24.0. The Morgan fingerprint density at radius 1 is 1.11 bits per heavy atom. The monoisotopic (exact) mass is 490 g/mol. The van der Waals surface area contributed by atoms with E-state index < -0.39 is 11.9 Å². The van der Waals surface area contributed by atoms with Crippen molar-refractivity contribution < 1.29 is 24.5 Å². The minimum Gasteiger partial charge on any atom is -0.481 e. The highest BCUT2D eigenvalue weighted by atomic mass is 16.5. The van der Waals surface area contributed by atoms with Gasteiger partial charge in [-0.05, 0) is 71.3 Å². The summed E-state index contributed by atoms with van der Waals surface area (Å²) in [5, 5.41) is 15.7. The van der Waals surface area contributed by atoms with Gasteiger partial charge < -0.3 is 30.2 Å². The molecule has 2 aromatic heterocycles. The van der Waals surface area contributed by atoms with Gasteiger partial charge in [0.2, 0.25) is 0 Å². The zero-order chi connectivity index (χ0) is 25.6. The standard InChI is InChI=1S/C20H30N6O.2C2H4O2/c1-24-11-7-20(8-12-24)6-2-9-25(20)13-15-3-4-17(27-15)26-10-5-16-18(21)22-14-23-19(16)26;2*1-2(3)4/h5,10,14-15,17H,2-4,6-9,11-13H2,1H3,(H2,21,22,23);2*1H3,(H,3,4). The molecule has 4 N–H and O–H groups in total. The van der Waals surface area contributed by atoms with E-state index in [1.165, 1.54) is 51.6 Å². The summed E-state index contributed by atoms with van der Waals surface area (Å²) in [6.07, 6.45) is 11.4. The Labute approximate surface area is 205 Å². The van der Waals surface area contributed by atoms with Gasteiger partial charge in [0.15, 0.2) is 0 Å². The second kappa shape index (κ2) is 11.8. The maximum atomic E-state index is 9.00. The molecule has 0 aromatic carbocycles. The van der Waals surface area contributed by atoms with Gasteiger partial charge in [-0.15, -0.1) is 0 Å². The first-order valence-electron chi connectivity index (χ1n) is 12.2. The lowest BCUT2D eigenvalue weighted by molar-refractivity contribution is -0.135. The number of fused-ring (bicyclic) bond motifs is 1. The third-order valence-corrected chi connectivity index (χ3v) is 7.02. The van der Waals surface area contributed by atoms with Gasteiger partial charge in [-0.25, -0.2) is 9.97 Å². The molecule has 3 aliphatic heterocycles. The van der Waals surface area contributed by atoms with Crippen LogP contribution in [0.5, 0.6) is 0 Å². The summed E-state index contributed by atoms with van der Waals surface area (Å²) in [7, 11) is 2.24. The number of hydrogen-bond acceptors (Lipinski definition) is 8. The number of aliphatic carboxylic acids is 2. The van der Waals surface area contributed by atoms with E-state index in [9.17, 15) is 0 Å². The minimum absolute atomic E-state index is 0.0536. The average molecular weight is 491 g/mol. The second-order valence-corrected chi connectivity index (χ2v) is 9.62. The number of ether oxygens (including phenoxy) is 1. The van der Waals surface area contributed by atoms with Gasteiger partial charge in [0.05, 0.1) is 11.5 Å². The minimum atomic E-state index is -0.833. The largest absolute Gasteiger partial charge is 0.481 e. The van der Waals surface area contributed by atoms with Crippen LogP contribution in [0.2, 0.25) is 0 Å². The summed E-state index contributed by atoms with van der Waals surface area (Å²) in [4.78, 5) is 31.7. The molecule has 2 atom stereocenters. The Morgan fingerprint density at radius 2 is 1.77 bits per heavy atom. The fourth-order valence-electron chi connectivity index (χ4n) is 5.37. The molecular weight excluding hydrogens is 452 g/mol. The third-order valence-electron chi connectivity index (χ3n) is 7.02. The number of hydrogen-bond donors (Lipinski definition) is 3. The Balaban J connectivity index is 0.000000376. The molecule has 3 saturated heterocycles. The SMILES string of the molecule is CC(=O)O.CC(=O)O.CN1CCC2(CCCN2CC2CCC(n3ccc4c(N)ncnc43)O2)CC1. The molecule has 0 amide bonds. The smallest absolute Gasteiger partial charge is 0.300 e. The van der Waals surface area contributed by atoms with Gasteiger partial charge in [-0.1, -0.05) is 0 Å². The maximum absolute atomic E-state index is 9.00. The maximum Gasteiger partial charge on any atom is 0.300 e. The molecule has 3 aliphatic rings.